The minimum absolute atomic E-state index is 0.174. The molecule has 1 aliphatic rings. The highest BCUT2D eigenvalue weighted by Crippen LogP contribution is 2.26. The first-order valence-corrected chi connectivity index (χ1v) is 6.46. The second-order valence-corrected chi connectivity index (χ2v) is 4.92. The van der Waals surface area contributed by atoms with Crippen LogP contribution in [-0.4, -0.2) is 19.1 Å². The average molecular weight is 236 g/mol. The van der Waals surface area contributed by atoms with Crippen molar-refractivity contribution < 1.29 is 4.39 Å². The molecule has 0 bridgehead atoms. The summed E-state index contributed by atoms with van der Waals surface area (Å²) in [5, 5.41) is 0. The number of benzene rings is 1. The molecule has 1 saturated heterocycles. The van der Waals surface area contributed by atoms with Gasteiger partial charge in [-0.25, -0.2) is 4.39 Å². The number of nitrogens with two attached hydrogens (primary N) is 1. The largest absolute Gasteiger partial charge is 0.371 e. The molecule has 3 heteroatoms. The van der Waals surface area contributed by atoms with Gasteiger partial charge in [0, 0.05) is 24.8 Å². The minimum Gasteiger partial charge on any atom is -0.371 e. The van der Waals surface area contributed by atoms with Crippen LogP contribution < -0.4 is 10.6 Å². The van der Waals surface area contributed by atoms with E-state index in [1.54, 1.807) is 0 Å². The molecule has 17 heavy (non-hydrogen) atoms. The van der Waals surface area contributed by atoms with Crippen LogP contribution in [0.5, 0.6) is 0 Å². The van der Waals surface area contributed by atoms with Gasteiger partial charge in [-0.15, -0.1) is 0 Å². The smallest absolute Gasteiger partial charge is 0.123 e. The van der Waals surface area contributed by atoms with Gasteiger partial charge in [0.15, 0.2) is 0 Å². The first-order chi connectivity index (χ1) is 8.20. The minimum atomic E-state index is -0.174. The van der Waals surface area contributed by atoms with Crippen molar-refractivity contribution in [1.29, 1.82) is 0 Å². The van der Waals surface area contributed by atoms with Crippen LogP contribution in [0.2, 0.25) is 0 Å². The van der Waals surface area contributed by atoms with Crippen LogP contribution in [0, 0.1) is 11.7 Å². The molecule has 2 unspecified atom stereocenters. The van der Waals surface area contributed by atoms with Gasteiger partial charge in [0.2, 0.25) is 0 Å². The third-order valence-corrected chi connectivity index (χ3v) is 3.64. The number of anilines is 1. The van der Waals surface area contributed by atoms with Gasteiger partial charge in [-0.1, -0.05) is 13.3 Å². The van der Waals surface area contributed by atoms with E-state index < -0.39 is 0 Å². The standard InChI is InChI=1S/C14H21FN2/c1-2-3-14(16)11-8-9-17(10-11)13-6-4-12(15)5-7-13/h4-7,11,14H,2-3,8-10,16H2,1H3. The molecule has 1 aromatic rings. The van der Waals surface area contributed by atoms with Crippen LogP contribution in [-0.2, 0) is 0 Å². The van der Waals surface area contributed by atoms with Gasteiger partial charge in [-0.3, -0.25) is 0 Å². The second-order valence-electron chi connectivity index (χ2n) is 4.92. The third kappa shape index (κ3) is 2.97. The summed E-state index contributed by atoms with van der Waals surface area (Å²) in [5.74, 6) is 0.409. The summed E-state index contributed by atoms with van der Waals surface area (Å²) < 4.78 is 12.8. The number of halogens is 1. The van der Waals surface area contributed by atoms with E-state index in [9.17, 15) is 4.39 Å². The molecule has 0 spiro atoms. The van der Waals surface area contributed by atoms with Crippen molar-refractivity contribution in [3.8, 4) is 0 Å². The lowest BCUT2D eigenvalue weighted by atomic mass is 9.96. The highest BCUT2D eigenvalue weighted by Gasteiger charge is 2.26. The number of rotatable bonds is 4. The van der Waals surface area contributed by atoms with Gasteiger partial charge in [-0.05, 0) is 43.0 Å². The summed E-state index contributed by atoms with van der Waals surface area (Å²) in [4.78, 5) is 2.31. The molecular weight excluding hydrogens is 215 g/mol. The van der Waals surface area contributed by atoms with Gasteiger partial charge >= 0.3 is 0 Å². The molecule has 2 nitrogen and oxygen atoms in total. The Kier molecular flexibility index (Phi) is 4.00. The third-order valence-electron chi connectivity index (χ3n) is 3.64. The Morgan fingerprint density at radius 3 is 2.76 bits per heavy atom. The van der Waals surface area contributed by atoms with Crippen LogP contribution >= 0.6 is 0 Å². The Morgan fingerprint density at radius 1 is 1.41 bits per heavy atom. The fourth-order valence-corrected chi connectivity index (χ4v) is 2.59. The molecule has 1 aliphatic heterocycles. The summed E-state index contributed by atoms with van der Waals surface area (Å²) in [6.07, 6.45) is 3.40. The molecule has 2 rings (SSSR count). The molecule has 1 aromatic carbocycles. The van der Waals surface area contributed by atoms with Crippen LogP contribution in [0.15, 0.2) is 24.3 Å². The summed E-state index contributed by atoms with van der Waals surface area (Å²) >= 11 is 0. The normalized spacial score (nSPS) is 21.8. The fourth-order valence-electron chi connectivity index (χ4n) is 2.59. The van der Waals surface area contributed by atoms with Crippen molar-refractivity contribution in [2.24, 2.45) is 11.7 Å². The predicted molar refractivity (Wildman–Crippen MR) is 69.6 cm³/mol. The number of nitrogens with zero attached hydrogens (tertiary/aromatic N) is 1. The van der Waals surface area contributed by atoms with E-state index in [1.807, 2.05) is 12.1 Å². The zero-order valence-corrected chi connectivity index (χ0v) is 10.4. The highest BCUT2D eigenvalue weighted by molar-refractivity contribution is 5.47. The Labute approximate surface area is 103 Å². The summed E-state index contributed by atoms with van der Waals surface area (Å²) in [6, 6.07) is 7.06. The first kappa shape index (κ1) is 12.4. The van der Waals surface area contributed by atoms with Crippen molar-refractivity contribution in [2.45, 2.75) is 32.2 Å². The summed E-state index contributed by atoms with van der Waals surface area (Å²) in [5.41, 5.74) is 7.28. The number of hydrogen-bond donors (Lipinski definition) is 1. The summed E-state index contributed by atoms with van der Waals surface area (Å²) in [7, 11) is 0. The van der Waals surface area contributed by atoms with Crippen LogP contribution in [0.25, 0.3) is 0 Å². The molecule has 94 valence electrons. The molecule has 2 atom stereocenters. The van der Waals surface area contributed by atoms with E-state index in [-0.39, 0.29) is 5.82 Å². The quantitative estimate of drug-likeness (QED) is 0.871. The monoisotopic (exact) mass is 236 g/mol. The lowest BCUT2D eigenvalue weighted by Gasteiger charge is -2.21. The SMILES string of the molecule is CCCC(N)C1CCN(c2ccc(F)cc2)C1. The molecule has 0 saturated carbocycles. The van der Waals surface area contributed by atoms with Gasteiger partial charge in [0.1, 0.15) is 5.82 Å². The van der Waals surface area contributed by atoms with E-state index in [0.717, 1.165) is 38.0 Å². The second kappa shape index (κ2) is 5.50. The Bertz CT molecular complexity index is 350. The molecular formula is C14H21FN2. The van der Waals surface area contributed by atoms with Gasteiger partial charge in [-0.2, -0.15) is 0 Å². The van der Waals surface area contributed by atoms with E-state index in [0.29, 0.717) is 12.0 Å². The zero-order valence-electron chi connectivity index (χ0n) is 10.4. The molecule has 0 radical (unpaired) electrons. The maximum Gasteiger partial charge on any atom is 0.123 e. The van der Waals surface area contributed by atoms with Crippen LogP contribution in [0.3, 0.4) is 0 Å². The van der Waals surface area contributed by atoms with Gasteiger partial charge in [0.05, 0.1) is 0 Å². The van der Waals surface area contributed by atoms with Gasteiger partial charge < -0.3 is 10.6 Å². The van der Waals surface area contributed by atoms with Crippen molar-refractivity contribution in [2.75, 3.05) is 18.0 Å². The molecule has 0 amide bonds. The first-order valence-electron chi connectivity index (χ1n) is 6.46. The van der Waals surface area contributed by atoms with Crippen molar-refractivity contribution in [3.05, 3.63) is 30.1 Å². The van der Waals surface area contributed by atoms with E-state index in [1.165, 1.54) is 12.1 Å². The Balaban J connectivity index is 1.95. The fraction of sp³-hybridized carbons (Fsp3) is 0.571. The lowest BCUT2D eigenvalue weighted by Crippen LogP contribution is -2.32. The number of hydrogen-bond acceptors (Lipinski definition) is 2. The van der Waals surface area contributed by atoms with Crippen LogP contribution in [0.1, 0.15) is 26.2 Å². The maximum absolute atomic E-state index is 12.8. The zero-order chi connectivity index (χ0) is 12.3. The molecule has 0 aromatic heterocycles. The molecule has 2 N–H and O–H groups in total. The molecule has 0 aliphatic carbocycles. The van der Waals surface area contributed by atoms with Crippen molar-refractivity contribution in [1.82, 2.24) is 0 Å². The predicted octanol–water partition coefficient (Wildman–Crippen LogP) is 2.78. The van der Waals surface area contributed by atoms with Crippen molar-refractivity contribution >= 4 is 5.69 Å². The molecule has 1 heterocycles. The highest BCUT2D eigenvalue weighted by atomic mass is 19.1. The Hall–Kier alpha value is -1.09. The van der Waals surface area contributed by atoms with E-state index >= 15 is 0 Å². The van der Waals surface area contributed by atoms with E-state index in [4.69, 9.17) is 5.73 Å². The average Bonchev–Trinajstić information content (AvgIpc) is 2.80. The Morgan fingerprint density at radius 2 is 2.12 bits per heavy atom. The van der Waals surface area contributed by atoms with Gasteiger partial charge in [0.25, 0.3) is 0 Å². The maximum atomic E-state index is 12.8. The molecule has 1 fully saturated rings. The lowest BCUT2D eigenvalue weighted by molar-refractivity contribution is 0.430. The van der Waals surface area contributed by atoms with E-state index in [2.05, 4.69) is 11.8 Å². The van der Waals surface area contributed by atoms with Crippen LogP contribution in [0.4, 0.5) is 10.1 Å². The van der Waals surface area contributed by atoms with Crippen molar-refractivity contribution in [3.63, 3.8) is 0 Å². The topological polar surface area (TPSA) is 29.3 Å². The summed E-state index contributed by atoms with van der Waals surface area (Å²) in [6.45, 7) is 4.22.